The Morgan fingerprint density at radius 2 is 1.69 bits per heavy atom. The first kappa shape index (κ1) is 11.1. The van der Waals surface area contributed by atoms with Crippen LogP contribution in [0, 0.1) is 13.8 Å². The van der Waals surface area contributed by atoms with E-state index in [0.29, 0.717) is 0 Å². The summed E-state index contributed by atoms with van der Waals surface area (Å²) in [6, 6.07) is 13.9. The van der Waals surface area contributed by atoms with E-state index in [1.807, 2.05) is 37.3 Å². The summed E-state index contributed by atoms with van der Waals surface area (Å²) in [5.41, 5.74) is 2.32. The van der Waals surface area contributed by atoms with Crippen LogP contribution in [-0.2, 0) is 0 Å². The summed E-state index contributed by atoms with van der Waals surface area (Å²) in [7, 11) is 0. The molecule has 2 rings (SSSR count). The fraction of sp³-hybridized carbons (Fsp3) is 0.143. The van der Waals surface area contributed by atoms with Crippen molar-refractivity contribution in [1.82, 2.24) is 0 Å². The first-order valence-electron chi connectivity index (χ1n) is 5.20. The number of benzene rings is 2. The van der Waals surface area contributed by atoms with Gasteiger partial charge in [-0.2, -0.15) is 0 Å². The van der Waals surface area contributed by atoms with Crippen molar-refractivity contribution in [3.8, 4) is 11.5 Å². The molecule has 82 valence electrons. The molecule has 0 atom stereocenters. The molecule has 0 unspecified atom stereocenters. The third-order valence-corrected chi connectivity index (χ3v) is 2.80. The van der Waals surface area contributed by atoms with Gasteiger partial charge in [0.1, 0.15) is 11.5 Å². The Labute approximate surface area is 101 Å². The zero-order chi connectivity index (χ0) is 11.5. The monoisotopic (exact) mass is 230 g/mol. The molecule has 1 nitrogen and oxygen atoms in total. The van der Waals surface area contributed by atoms with Crippen LogP contribution in [0.5, 0.6) is 11.5 Å². The Balaban J connectivity index is 2.34. The topological polar surface area (TPSA) is 9.23 Å². The van der Waals surface area contributed by atoms with Gasteiger partial charge < -0.3 is 4.74 Å². The molecular formula is C14H14OS. The second-order valence-corrected chi connectivity index (χ2v) is 4.32. The molecule has 0 saturated carbocycles. The van der Waals surface area contributed by atoms with Crippen molar-refractivity contribution in [3.63, 3.8) is 0 Å². The van der Waals surface area contributed by atoms with Gasteiger partial charge in [0.15, 0.2) is 0 Å². The average Bonchev–Trinajstić information content (AvgIpc) is 2.27. The molecule has 0 spiro atoms. The number of thiol groups is 1. The summed E-state index contributed by atoms with van der Waals surface area (Å²) in [5, 5.41) is 0. The highest BCUT2D eigenvalue weighted by Gasteiger charge is 2.03. The minimum atomic E-state index is 0.791. The van der Waals surface area contributed by atoms with Crippen molar-refractivity contribution in [2.75, 3.05) is 0 Å². The van der Waals surface area contributed by atoms with Crippen LogP contribution in [0.4, 0.5) is 0 Å². The molecule has 0 saturated heterocycles. The molecule has 0 amide bonds. The lowest BCUT2D eigenvalue weighted by Gasteiger charge is -2.10. The minimum absolute atomic E-state index is 0.791. The van der Waals surface area contributed by atoms with Crippen LogP contribution in [0.2, 0.25) is 0 Å². The lowest BCUT2D eigenvalue weighted by molar-refractivity contribution is 0.467. The van der Waals surface area contributed by atoms with Gasteiger partial charge in [0.2, 0.25) is 0 Å². The SMILES string of the molecule is Cc1ccc(C)c(Oc2ccccc2S)c1. The first-order valence-corrected chi connectivity index (χ1v) is 5.64. The second kappa shape index (κ2) is 4.62. The van der Waals surface area contributed by atoms with E-state index in [2.05, 4.69) is 31.7 Å². The highest BCUT2D eigenvalue weighted by atomic mass is 32.1. The van der Waals surface area contributed by atoms with E-state index in [0.717, 1.165) is 22.0 Å². The van der Waals surface area contributed by atoms with Gasteiger partial charge >= 0.3 is 0 Å². The highest BCUT2D eigenvalue weighted by molar-refractivity contribution is 7.80. The standard InChI is InChI=1S/C14H14OS/c1-10-7-8-11(2)13(9-10)15-12-5-3-4-6-14(12)16/h3-9,16H,1-2H3. The van der Waals surface area contributed by atoms with Gasteiger partial charge in [0.25, 0.3) is 0 Å². The van der Waals surface area contributed by atoms with Crippen molar-refractivity contribution < 1.29 is 4.74 Å². The maximum atomic E-state index is 5.84. The van der Waals surface area contributed by atoms with Crippen molar-refractivity contribution >= 4 is 12.6 Å². The van der Waals surface area contributed by atoms with Gasteiger partial charge in [0.05, 0.1) is 0 Å². The van der Waals surface area contributed by atoms with Crippen LogP contribution < -0.4 is 4.74 Å². The van der Waals surface area contributed by atoms with Crippen LogP contribution in [0.1, 0.15) is 11.1 Å². The zero-order valence-corrected chi connectivity index (χ0v) is 10.3. The Morgan fingerprint density at radius 1 is 0.938 bits per heavy atom. The highest BCUT2D eigenvalue weighted by Crippen LogP contribution is 2.30. The Morgan fingerprint density at radius 3 is 2.44 bits per heavy atom. The van der Waals surface area contributed by atoms with Crippen LogP contribution in [0.3, 0.4) is 0 Å². The lowest BCUT2D eigenvalue weighted by atomic mass is 10.1. The lowest BCUT2D eigenvalue weighted by Crippen LogP contribution is -1.89. The van der Waals surface area contributed by atoms with Crippen molar-refractivity contribution in [3.05, 3.63) is 53.6 Å². The van der Waals surface area contributed by atoms with Crippen molar-refractivity contribution in [1.29, 1.82) is 0 Å². The van der Waals surface area contributed by atoms with E-state index in [4.69, 9.17) is 4.74 Å². The van der Waals surface area contributed by atoms with E-state index in [-0.39, 0.29) is 0 Å². The molecule has 0 aromatic heterocycles. The van der Waals surface area contributed by atoms with Gasteiger partial charge in [0, 0.05) is 4.90 Å². The van der Waals surface area contributed by atoms with Crippen LogP contribution in [0.15, 0.2) is 47.4 Å². The van der Waals surface area contributed by atoms with E-state index in [1.54, 1.807) is 0 Å². The van der Waals surface area contributed by atoms with Gasteiger partial charge in [-0.1, -0.05) is 24.3 Å². The van der Waals surface area contributed by atoms with Gasteiger partial charge in [-0.3, -0.25) is 0 Å². The first-order chi connectivity index (χ1) is 7.66. The summed E-state index contributed by atoms with van der Waals surface area (Å²) < 4.78 is 5.84. The van der Waals surface area contributed by atoms with Crippen LogP contribution >= 0.6 is 12.6 Å². The number of aryl methyl sites for hydroxylation is 2. The molecule has 2 aromatic carbocycles. The summed E-state index contributed by atoms with van der Waals surface area (Å²) in [4.78, 5) is 0.850. The summed E-state index contributed by atoms with van der Waals surface area (Å²) in [5.74, 6) is 1.68. The van der Waals surface area contributed by atoms with Crippen molar-refractivity contribution in [2.45, 2.75) is 18.7 Å². The van der Waals surface area contributed by atoms with E-state index < -0.39 is 0 Å². The minimum Gasteiger partial charge on any atom is -0.456 e. The Bertz CT molecular complexity index is 506. The molecule has 0 heterocycles. The molecule has 0 aliphatic heterocycles. The average molecular weight is 230 g/mol. The third kappa shape index (κ3) is 2.39. The van der Waals surface area contributed by atoms with Crippen molar-refractivity contribution in [2.24, 2.45) is 0 Å². The zero-order valence-electron chi connectivity index (χ0n) is 9.40. The second-order valence-electron chi connectivity index (χ2n) is 3.84. The molecule has 0 bridgehead atoms. The number of ether oxygens (including phenoxy) is 1. The maximum Gasteiger partial charge on any atom is 0.140 e. The molecule has 0 aliphatic rings. The number of para-hydroxylation sites is 1. The molecule has 0 aliphatic carbocycles. The molecule has 2 aromatic rings. The number of rotatable bonds is 2. The fourth-order valence-electron chi connectivity index (χ4n) is 1.48. The molecular weight excluding hydrogens is 216 g/mol. The molecule has 0 radical (unpaired) electrons. The van der Waals surface area contributed by atoms with E-state index in [1.165, 1.54) is 5.56 Å². The molecule has 16 heavy (non-hydrogen) atoms. The van der Waals surface area contributed by atoms with E-state index in [9.17, 15) is 0 Å². The smallest absolute Gasteiger partial charge is 0.140 e. The third-order valence-electron chi connectivity index (χ3n) is 2.43. The van der Waals surface area contributed by atoms with Crippen LogP contribution in [0.25, 0.3) is 0 Å². The summed E-state index contributed by atoms with van der Waals surface area (Å²) in [6.45, 7) is 4.09. The maximum absolute atomic E-state index is 5.84. The fourth-order valence-corrected chi connectivity index (χ4v) is 1.69. The molecule has 0 fully saturated rings. The Kier molecular flexibility index (Phi) is 3.20. The van der Waals surface area contributed by atoms with Gasteiger partial charge in [-0.25, -0.2) is 0 Å². The number of hydrogen-bond donors (Lipinski definition) is 1. The molecule has 2 heteroatoms. The number of hydrogen-bond acceptors (Lipinski definition) is 2. The molecule has 0 N–H and O–H groups in total. The Hall–Kier alpha value is -1.41. The quantitative estimate of drug-likeness (QED) is 0.753. The normalized spacial score (nSPS) is 10.2. The van der Waals surface area contributed by atoms with Crippen LogP contribution in [-0.4, -0.2) is 0 Å². The predicted octanol–water partition coefficient (Wildman–Crippen LogP) is 4.38. The van der Waals surface area contributed by atoms with Gasteiger partial charge in [-0.15, -0.1) is 12.6 Å². The predicted molar refractivity (Wildman–Crippen MR) is 69.7 cm³/mol. The summed E-state index contributed by atoms with van der Waals surface area (Å²) >= 11 is 4.36. The van der Waals surface area contributed by atoms with E-state index >= 15 is 0 Å². The largest absolute Gasteiger partial charge is 0.456 e. The summed E-state index contributed by atoms with van der Waals surface area (Å²) in [6.07, 6.45) is 0. The van der Waals surface area contributed by atoms with Gasteiger partial charge in [-0.05, 0) is 43.2 Å².